The van der Waals surface area contributed by atoms with E-state index < -0.39 is 18.5 Å². The van der Waals surface area contributed by atoms with Crippen LogP contribution in [0.2, 0.25) is 10.0 Å². The molecule has 5 heterocycles. The summed E-state index contributed by atoms with van der Waals surface area (Å²) in [6.45, 7) is 8.16. The molecule has 0 radical (unpaired) electrons. The lowest BCUT2D eigenvalue weighted by Crippen LogP contribution is -2.41. The SMILES string of the molecule is CC1(C)OB(c2ccc(C#N)c3ccccc23)OC1(C)C.COC(=O)C1(CBr)CC1.COC(=O)C1(CSc2ccncc2-c2ccc(C#N)c3ccccc23)CC1.Clc1ccncc1Br.N#Cc1ccc(-c2cnccc2Cl)c2ccccc12.N#Cc1ccc(-c2cnccc2SCC2(C(=O)O)CC2)c2ccccc12.N#Cc1ccc(Br)c2ccccc12. The molecule has 1 saturated heterocycles. The summed E-state index contributed by atoms with van der Waals surface area (Å²) >= 11 is 25.0. The second-order valence-electron chi connectivity index (χ2n) is 30.4. The topological polar surface area (TPSA) is 279 Å². The van der Waals surface area contributed by atoms with Crippen molar-refractivity contribution in [1.29, 1.82) is 26.3 Å². The second-order valence-corrected chi connectivity index (χ2v) is 35.5. The summed E-state index contributed by atoms with van der Waals surface area (Å²) in [5.41, 5.74) is 8.46. The highest BCUT2D eigenvalue weighted by Gasteiger charge is 2.54. The van der Waals surface area contributed by atoms with Gasteiger partial charge in [0.2, 0.25) is 0 Å². The van der Waals surface area contributed by atoms with Gasteiger partial charge in [0.25, 0.3) is 0 Å². The van der Waals surface area contributed by atoms with Crippen molar-refractivity contribution in [3.05, 3.63) is 303 Å². The Labute approximate surface area is 757 Å². The van der Waals surface area contributed by atoms with E-state index >= 15 is 0 Å². The van der Waals surface area contributed by atoms with Crippen LogP contribution in [0.15, 0.2) is 275 Å². The van der Waals surface area contributed by atoms with Gasteiger partial charge in [-0.1, -0.05) is 201 Å². The fourth-order valence-electron chi connectivity index (χ4n) is 13.7. The molecule has 1 N–H and O–H groups in total. The van der Waals surface area contributed by atoms with E-state index in [4.69, 9.17) is 47.8 Å². The minimum absolute atomic E-state index is 0.0700. The van der Waals surface area contributed by atoms with E-state index in [1.54, 1.807) is 72.8 Å². The number of carbonyl (C=O) groups is 3. The molecular weight excluding hydrogens is 1820 g/mol. The van der Waals surface area contributed by atoms with E-state index in [2.05, 4.69) is 103 Å². The van der Waals surface area contributed by atoms with Gasteiger partial charge in [-0.3, -0.25) is 34.3 Å². The number of carboxylic acid groups (broad SMARTS) is 1. The second kappa shape index (κ2) is 40.8. The number of hydrogen-bond donors (Lipinski definition) is 1. The number of methoxy groups -OCH3 is 2. The van der Waals surface area contributed by atoms with Gasteiger partial charge in [-0.15, -0.1) is 23.5 Å². The summed E-state index contributed by atoms with van der Waals surface area (Å²) in [7, 11) is 2.48. The summed E-state index contributed by atoms with van der Waals surface area (Å²) in [5.74, 6) is 0.372. The number of hydrogen-bond acceptors (Lipinski definition) is 18. The molecule has 3 saturated carbocycles. The Hall–Kier alpha value is -11.3. The van der Waals surface area contributed by atoms with Crippen LogP contribution < -0.4 is 5.46 Å². The number of aromatic nitrogens is 4. The number of rotatable bonds is 14. The quantitative estimate of drug-likeness (QED) is 0.0458. The zero-order chi connectivity index (χ0) is 87.6. The van der Waals surface area contributed by atoms with Crippen molar-refractivity contribution in [1.82, 2.24) is 19.9 Å². The van der Waals surface area contributed by atoms with E-state index in [1.807, 2.05) is 234 Å². The Morgan fingerprint density at radius 1 is 0.407 bits per heavy atom. The zero-order valence-electron chi connectivity index (χ0n) is 67.7. The first-order valence-corrected chi connectivity index (χ1v) is 44.4. The average Bonchev–Trinajstić information content (AvgIpc) is 1.64. The molecule has 10 aromatic carbocycles. The number of nitriles is 5. The van der Waals surface area contributed by atoms with Crippen LogP contribution in [0.1, 0.15) is 94.0 Å². The van der Waals surface area contributed by atoms with Crippen LogP contribution in [0.3, 0.4) is 0 Å². The molecule has 4 aliphatic rings. The Bertz CT molecular complexity index is 6520. The maximum atomic E-state index is 12.0. The number of carbonyl (C=O) groups excluding carboxylic acids is 2. The lowest BCUT2D eigenvalue weighted by atomic mass is 9.75. The first-order valence-electron chi connectivity index (χ1n) is 38.9. The molecule has 4 fully saturated rings. The number of ether oxygens (including phenoxy) is 2. The number of carboxylic acids is 1. The first kappa shape index (κ1) is 90.9. The van der Waals surface area contributed by atoms with E-state index in [-0.39, 0.29) is 34.0 Å². The molecular formula is C98H79BBr3Cl2N9O8S2. The van der Waals surface area contributed by atoms with Crippen molar-refractivity contribution in [2.75, 3.05) is 31.1 Å². The van der Waals surface area contributed by atoms with Gasteiger partial charge in [-0.2, -0.15) is 26.3 Å². The maximum Gasteiger partial charge on any atom is 0.495 e. The van der Waals surface area contributed by atoms with Gasteiger partial charge < -0.3 is 23.9 Å². The molecule has 123 heavy (non-hydrogen) atoms. The molecule has 0 atom stereocenters. The van der Waals surface area contributed by atoms with Gasteiger partial charge in [-0.25, -0.2) is 0 Å². The van der Waals surface area contributed by atoms with Crippen LogP contribution in [-0.4, -0.2) is 92.3 Å². The molecule has 0 amide bonds. The molecule has 3 aliphatic carbocycles. The minimum atomic E-state index is -0.704. The zero-order valence-corrected chi connectivity index (χ0v) is 75.6. The largest absolute Gasteiger partial charge is 0.495 e. The molecule has 0 unspecified atom stereocenters. The minimum Gasteiger partial charge on any atom is -0.481 e. The number of fused-ring (bicyclic) bond motifs is 5. The van der Waals surface area contributed by atoms with Gasteiger partial charge >= 0.3 is 25.0 Å². The van der Waals surface area contributed by atoms with Crippen LogP contribution in [0.5, 0.6) is 0 Å². The third-order valence-corrected chi connectivity index (χ3v) is 28.2. The van der Waals surface area contributed by atoms with Gasteiger partial charge in [0, 0.05) is 119 Å². The number of nitrogens with zero attached hydrogens (tertiary/aromatic N) is 9. The lowest BCUT2D eigenvalue weighted by molar-refractivity contribution is -0.146. The summed E-state index contributed by atoms with van der Waals surface area (Å²) in [6, 6.07) is 76.7. The molecule has 17 nitrogen and oxygen atoms in total. The van der Waals surface area contributed by atoms with Crippen molar-refractivity contribution in [3.8, 4) is 63.7 Å². The highest BCUT2D eigenvalue weighted by molar-refractivity contribution is 9.11. The van der Waals surface area contributed by atoms with Crippen LogP contribution in [-0.2, 0) is 33.2 Å². The van der Waals surface area contributed by atoms with Crippen LogP contribution in [0.25, 0.3) is 87.2 Å². The van der Waals surface area contributed by atoms with Crippen LogP contribution >= 0.6 is 94.5 Å². The Balaban J connectivity index is 0.000000136. The predicted octanol–water partition coefficient (Wildman–Crippen LogP) is 24.3. The van der Waals surface area contributed by atoms with Crippen LogP contribution in [0, 0.1) is 72.9 Å². The lowest BCUT2D eigenvalue weighted by Gasteiger charge is -2.32. The number of aliphatic carboxylic acids is 1. The molecule has 4 aromatic heterocycles. The fourth-order valence-corrected chi connectivity index (χ4v) is 18.2. The summed E-state index contributed by atoms with van der Waals surface area (Å²) in [4.78, 5) is 53.0. The highest BCUT2D eigenvalue weighted by atomic mass is 79.9. The third kappa shape index (κ3) is 21.0. The molecule has 0 spiro atoms. The molecule has 1 aliphatic heterocycles. The van der Waals surface area contributed by atoms with E-state index in [9.17, 15) is 35.3 Å². The molecule has 18 rings (SSSR count). The molecule has 25 heteroatoms. The Morgan fingerprint density at radius 2 is 0.732 bits per heavy atom. The van der Waals surface area contributed by atoms with Crippen molar-refractivity contribution < 1.29 is 38.3 Å². The van der Waals surface area contributed by atoms with E-state index in [0.29, 0.717) is 43.8 Å². The number of halogens is 5. The standard InChI is InChI=1S/C22H18N2O2S.C21H16N2O2S.C17H18BNO2.C16H9ClN2.C11H6BrN.C6H9BrO2.C5H3BrClN/c1-26-21(25)22(9-10-22)14-27-20-8-11-24-13-19(20)18-7-6-15(12-23)16-4-2-3-5-17(16)18;22-11-14-5-6-17(16-4-2-1-3-15(14)16)18-12-23-10-7-19(18)26-13-21(8-9-21)20(24)25;1-16(2)17(3,4)21-18(20-16)15-10-9-12(11-19)13-7-5-6-8-14(13)15;17-16-7-8-19-10-15(16)14-6-5-11(9-18)12-3-1-2-4-13(12)14;12-11-6-5-8(7-13)9-3-1-2-4-10(9)11;1-9-5(8)6(4-7)2-3-6;6-4-3-8-2-1-5(4)7/h2-8,11,13H,9-10,14H2,1H3;1-7,10,12H,8-9,13H2,(H,24,25);5-10H,1-4H3;1-8,10H;1-6H;2-4H2,1H3;1-3H. The van der Waals surface area contributed by atoms with Gasteiger partial charge in [0.1, 0.15) is 0 Å². The number of alkyl halides is 1. The first-order chi connectivity index (χ1) is 59.4. The fraction of sp³-hybridized carbons (Fsp3) is 0.204. The number of benzene rings is 10. The maximum absolute atomic E-state index is 12.0. The Kier molecular flexibility index (Phi) is 30.1. The predicted molar refractivity (Wildman–Crippen MR) is 500 cm³/mol. The smallest absolute Gasteiger partial charge is 0.481 e. The highest BCUT2D eigenvalue weighted by Crippen LogP contribution is 2.53. The summed E-state index contributed by atoms with van der Waals surface area (Å²) in [5, 5.41) is 67.4. The number of esters is 2. The molecule has 614 valence electrons. The molecule has 14 aromatic rings. The number of thioether (sulfide) groups is 2. The van der Waals surface area contributed by atoms with E-state index in [0.717, 1.165) is 161 Å². The van der Waals surface area contributed by atoms with Crippen molar-refractivity contribution >= 4 is 179 Å². The van der Waals surface area contributed by atoms with Gasteiger partial charge in [0.05, 0.1) is 114 Å². The van der Waals surface area contributed by atoms with Crippen molar-refractivity contribution in [2.45, 2.75) is 87.2 Å². The Morgan fingerprint density at radius 3 is 1.09 bits per heavy atom. The monoisotopic (exact) mass is 1890 g/mol. The van der Waals surface area contributed by atoms with Crippen LogP contribution in [0.4, 0.5) is 0 Å². The van der Waals surface area contributed by atoms with Gasteiger partial charge in [0.15, 0.2) is 0 Å². The van der Waals surface area contributed by atoms with Crippen molar-refractivity contribution in [3.63, 3.8) is 0 Å². The normalized spacial score (nSPS) is 14.4. The van der Waals surface area contributed by atoms with Gasteiger partial charge in [-0.05, 0) is 197 Å². The summed E-state index contributed by atoms with van der Waals surface area (Å²) in [6.07, 6.45) is 19.1. The summed E-state index contributed by atoms with van der Waals surface area (Å²) < 4.78 is 23.7. The number of pyridine rings is 4. The molecule has 0 bridgehead atoms. The average molecular weight is 1900 g/mol. The van der Waals surface area contributed by atoms with E-state index in [1.165, 1.54) is 14.2 Å². The third-order valence-electron chi connectivity index (χ3n) is 22.1. The van der Waals surface area contributed by atoms with Crippen molar-refractivity contribution in [2.24, 2.45) is 16.2 Å².